The summed E-state index contributed by atoms with van der Waals surface area (Å²) in [6.45, 7) is 4.42. The Bertz CT molecular complexity index is 481. The molecular weight excluding hydrogens is 284 g/mol. The summed E-state index contributed by atoms with van der Waals surface area (Å²) in [4.78, 5) is 0. The summed E-state index contributed by atoms with van der Waals surface area (Å²) in [7, 11) is -3.00. The van der Waals surface area contributed by atoms with Gasteiger partial charge < -0.3 is 5.32 Å². The lowest BCUT2D eigenvalue weighted by Crippen LogP contribution is -2.46. The molecule has 2 fully saturated rings. The number of allylic oxidation sites excluding steroid dienone is 2. The molecule has 3 unspecified atom stereocenters. The maximum absolute atomic E-state index is 12.0. The molecule has 2 aliphatic carbocycles. The third kappa shape index (κ3) is 3.51. The Balaban J connectivity index is 1.41. The fraction of sp³-hybridized carbons (Fsp3) is 0.875. The molecule has 2 bridgehead atoms. The van der Waals surface area contributed by atoms with Gasteiger partial charge in [-0.05, 0) is 56.4 Å². The third-order valence-corrected chi connectivity index (χ3v) is 7.47. The average molecular weight is 312 g/mol. The van der Waals surface area contributed by atoms with Crippen molar-refractivity contribution in [3.05, 3.63) is 12.2 Å². The molecule has 4 nitrogen and oxygen atoms in total. The van der Waals surface area contributed by atoms with E-state index in [2.05, 4.69) is 17.5 Å². The Morgan fingerprint density at radius 2 is 1.95 bits per heavy atom. The van der Waals surface area contributed by atoms with Crippen molar-refractivity contribution in [1.82, 2.24) is 9.62 Å². The van der Waals surface area contributed by atoms with Gasteiger partial charge in [-0.2, -0.15) is 0 Å². The van der Waals surface area contributed by atoms with Crippen LogP contribution in [0.5, 0.6) is 0 Å². The minimum atomic E-state index is -3.00. The van der Waals surface area contributed by atoms with Gasteiger partial charge in [-0.15, -0.1) is 0 Å². The van der Waals surface area contributed by atoms with E-state index in [1.807, 2.05) is 6.92 Å². The quantitative estimate of drug-likeness (QED) is 0.763. The van der Waals surface area contributed by atoms with E-state index in [1.165, 1.54) is 12.8 Å². The summed E-state index contributed by atoms with van der Waals surface area (Å²) >= 11 is 0. The monoisotopic (exact) mass is 312 g/mol. The third-order valence-electron chi connectivity index (χ3n) is 5.39. The standard InChI is InChI=1S/C16H28N2O2S/c1-2-9-21(19,20)18-7-5-16(6-8-18)17-12-15-11-13-3-4-14(15)10-13/h3-4,13-17H,2,5-12H2,1H3. The predicted molar refractivity (Wildman–Crippen MR) is 85.5 cm³/mol. The van der Waals surface area contributed by atoms with Crippen LogP contribution in [-0.4, -0.2) is 44.2 Å². The highest BCUT2D eigenvalue weighted by Crippen LogP contribution is 2.43. The van der Waals surface area contributed by atoms with Crippen LogP contribution in [-0.2, 0) is 10.0 Å². The molecule has 1 saturated heterocycles. The van der Waals surface area contributed by atoms with Crippen molar-refractivity contribution in [2.24, 2.45) is 17.8 Å². The molecule has 0 aromatic rings. The number of rotatable bonds is 6. The van der Waals surface area contributed by atoms with E-state index in [0.717, 1.165) is 37.1 Å². The molecule has 3 rings (SSSR count). The van der Waals surface area contributed by atoms with E-state index >= 15 is 0 Å². The van der Waals surface area contributed by atoms with Crippen LogP contribution in [0.3, 0.4) is 0 Å². The van der Waals surface area contributed by atoms with Gasteiger partial charge in [0, 0.05) is 19.1 Å². The fourth-order valence-corrected chi connectivity index (χ4v) is 5.71. The molecule has 3 aliphatic rings. The first-order chi connectivity index (χ1) is 10.1. The molecule has 120 valence electrons. The van der Waals surface area contributed by atoms with E-state index in [0.29, 0.717) is 31.3 Å². The summed E-state index contributed by atoms with van der Waals surface area (Å²) < 4.78 is 25.8. The van der Waals surface area contributed by atoms with E-state index < -0.39 is 10.0 Å². The Morgan fingerprint density at radius 1 is 1.19 bits per heavy atom. The van der Waals surface area contributed by atoms with Crippen molar-refractivity contribution in [2.75, 3.05) is 25.4 Å². The molecule has 0 aromatic carbocycles. The summed E-state index contributed by atoms with van der Waals surface area (Å²) in [6.07, 6.45) is 10.1. The van der Waals surface area contributed by atoms with Crippen LogP contribution in [0.2, 0.25) is 0 Å². The largest absolute Gasteiger partial charge is 0.314 e. The van der Waals surface area contributed by atoms with Gasteiger partial charge >= 0.3 is 0 Å². The predicted octanol–water partition coefficient (Wildman–Crippen LogP) is 1.99. The maximum Gasteiger partial charge on any atom is 0.214 e. The maximum atomic E-state index is 12.0. The Labute approximate surface area is 129 Å². The lowest BCUT2D eigenvalue weighted by molar-refractivity contribution is 0.274. The topological polar surface area (TPSA) is 49.4 Å². The second-order valence-corrected chi connectivity index (χ2v) is 9.03. The van der Waals surface area contributed by atoms with E-state index in [4.69, 9.17) is 0 Å². The first-order valence-electron chi connectivity index (χ1n) is 8.48. The number of fused-ring (bicyclic) bond motifs is 2. The van der Waals surface area contributed by atoms with E-state index in [1.54, 1.807) is 4.31 Å². The molecule has 1 saturated carbocycles. The van der Waals surface area contributed by atoms with Crippen molar-refractivity contribution >= 4 is 10.0 Å². The van der Waals surface area contributed by atoms with Gasteiger partial charge in [0.2, 0.25) is 10.0 Å². The van der Waals surface area contributed by atoms with Crippen molar-refractivity contribution < 1.29 is 8.42 Å². The van der Waals surface area contributed by atoms with Crippen LogP contribution in [0.25, 0.3) is 0 Å². The zero-order valence-corrected chi connectivity index (χ0v) is 13.8. The van der Waals surface area contributed by atoms with Crippen LogP contribution >= 0.6 is 0 Å². The first-order valence-corrected chi connectivity index (χ1v) is 10.1. The van der Waals surface area contributed by atoms with Gasteiger partial charge in [0.25, 0.3) is 0 Å². The second kappa shape index (κ2) is 6.39. The first kappa shape index (κ1) is 15.5. The van der Waals surface area contributed by atoms with Gasteiger partial charge in [0.1, 0.15) is 0 Å². The van der Waals surface area contributed by atoms with Crippen LogP contribution in [0, 0.1) is 17.8 Å². The normalized spacial score (nSPS) is 33.9. The molecule has 21 heavy (non-hydrogen) atoms. The number of sulfonamides is 1. The molecule has 0 radical (unpaired) electrons. The van der Waals surface area contributed by atoms with Gasteiger partial charge in [0.15, 0.2) is 0 Å². The number of nitrogens with one attached hydrogen (secondary N) is 1. The van der Waals surface area contributed by atoms with Crippen LogP contribution < -0.4 is 5.32 Å². The van der Waals surface area contributed by atoms with Crippen LogP contribution in [0.15, 0.2) is 12.2 Å². The molecule has 0 aromatic heterocycles. The minimum Gasteiger partial charge on any atom is -0.314 e. The molecule has 0 amide bonds. The molecule has 1 N–H and O–H groups in total. The Hall–Kier alpha value is -0.390. The summed E-state index contributed by atoms with van der Waals surface area (Å²) in [5, 5.41) is 3.70. The van der Waals surface area contributed by atoms with Crippen molar-refractivity contribution in [3.63, 3.8) is 0 Å². The highest BCUT2D eigenvalue weighted by atomic mass is 32.2. The smallest absolute Gasteiger partial charge is 0.214 e. The van der Waals surface area contributed by atoms with Crippen molar-refractivity contribution in [1.29, 1.82) is 0 Å². The number of hydrogen-bond donors (Lipinski definition) is 1. The fourth-order valence-electron chi connectivity index (χ4n) is 4.17. The molecule has 0 spiro atoms. The van der Waals surface area contributed by atoms with E-state index in [-0.39, 0.29) is 0 Å². The second-order valence-electron chi connectivity index (χ2n) is 6.94. The highest BCUT2D eigenvalue weighted by Gasteiger charge is 2.36. The zero-order valence-electron chi connectivity index (χ0n) is 13.0. The number of hydrogen-bond acceptors (Lipinski definition) is 3. The van der Waals surface area contributed by atoms with Gasteiger partial charge in [-0.25, -0.2) is 12.7 Å². The minimum absolute atomic E-state index is 0.294. The molecule has 1 aliphatic heterocycles. The van der Waals surface area contributed by atoms with Crippen LogP contribution in [0.4, 0.5) is 0 Å². The SMILES string of the molecule is CCCS(=O)(=O)N1CCC(NCC2CC3C=CC2C3)CC1. The summed E-state index contributed by atoms with van der Waals surface area (Å²) in [6, 6.07) is 0.501. The highest BCUT2D eigenvalue weighted by molar-refractivity contribution is 7.89. The van der Waals surface area contributed by atoms with Gasteiger partial charge in [0.05, 0.1) is 5.75 Å². The van der Waals surface area contributed by atoms with Gasteiger partial charge in [-0.1, -0.05) is 19.1 Å². The average Bonchev–Trinajstić information content (AvgIpc) is 3.08. The lowest BCUT2D eigenvalue weighted by Gasteiger charge is -2.32. The molecular formula is C16H28N2O2S. The Morgan fingerprint density at radius 3 is 2.52 bits per heavy atom. The van der Waals surface area contributed by atoms with Crippen molar-refractivity contribution in [2.45, 2.75) is 45.1 Å². The van der Waals surface area contributed by atoms with E-state index in [9.17, 15) is 8.42 Å². The summed E-state index contributed by atoms with van der Waals surface area (Å²) in [5.41, 5.74) is 0. The lowest BCUT2D eigenvalue weighted by atomic mass is 9.93. The van der Waals surface area contributed by atoms with Crippen LogP contribution in [0.1, 0.15) is 39.0 Å². The Kier molecular flexibility index (Phi) is 4.71. The number of piperidine rings is 1. The molecule has 1 heterocycles. The zero-order chi connectivity index (χ0) is 14.9. The molecule has 3 atom stereocenters. The molecule has 5 heteroatoms. The van der Waals surface area contributed by atoms with Gasteiger partial charge in [-0.3, -0.25) is 0 Å². The number of nitrogens with zero attached hydrogens (tertiary/aromatic N) is 1. The van der Waals surface area contributed by atoms with Crippen molar-refractivity contribution in [3.8, 4) is 0 Å². The summed E-state index contributed by atoms with van der Waals surface area (Å²) in [5.74, 6) is 2.74.